The quantitative estimate of drug-likeness (QED) is 0.727. The van der Waals surface area contributed by atoms with Gasteiger partial charge in [0.1, 0.15) is 0 Å². The molecule has 0 saturated heterocycles. The first kappa shape index (κ1) is 12.4. The van der Waals surface area contributed by atoms with E-state index in [1.807, 2.05) is 66.9 Å². The molecular weight excluding hydrogens is 248 g/mol. The lowest BCUT2D eigenvalue weighted by atomic mass is 10.1. The van der Waals surface area contributed by atoms with Gasteiger partial charge in [0.2, 0.25) is 0 Å². The first-order valence-corrected chi connectivity index (χ1v) is 6.49. The summed E-state index contributed by atoms with van der Waals surface area (Å²) < 4.78 is 1.64. The molecule has 3 aromatic rings. The van der Waals surface area contributed by atoms with Crippen molar-refractivity contribution in [3.05, 3.63) is 89.1 Å². The van der Waals surface area contributed by atoms with Crippen LogP contribution >= 0.6 is 0 Å². The number of benzene rings is 2. The van der Waals surface area contributed by atoms with Crippen molar-refractivity contribution >= 4 is 0 Å². The van der Waals surface area contributed by atoms with Gasteiger partial charge in [-0.05, 0) is 11.1 Å². The molecular formula is C17H14N2O. The van der Waals surface area contributed by atoms with Crippen molar-refractivity contribution in [3.8, 4) is 11.1 Å². The van der Waals surface area contributed by atoms with Crippen LogP contribution in [-0.4, -0.2) is 9.55 Å². The van der Waals surface area contributed by atoms with Crippen molar-refractivity contribution in [2.75, 3.05) is 0 Å². The number of nitrogens with zero attached hydrogens (tertiary/aromatic N) is 2. The Kier molecular flexibility index (Phi) is 3.42. The third-order valence-electron chi connectivity index (χ3n) is 3.16. The lowest BCUT2D eigenvalue weighted by Crippen LogP contribution is -2.22. The summed E-state index contributed by atoms with van der Waals surface area (Å²) in [5.74, 6) is 0. The smallest absolute Gasteiger partial charge is 0.294 e. The van der Waals surface area contributed by atoms with Crippen molar-refractivity contribution in [2.45, 2.75) is 6.54 Å². The van der Waals surface area contributed by atoms with Crippen LogP contribution in [0.1, 0.15) is 5.56 Å². The summed E-state index contributed by atoms with van der Waals surface area (Å²) in [6.45, 7) is 0.535. The Labute approximate surface area is 117 Å². The summed E-state index contributed by atoms with van der Waals surface area (Å²) in [6, 6.07) is 19.8. The van der Waals surface area contributed by atoms with E-state index in [2.05, 4.69) is 4.98 Å². The van der Waals surface area contributed by atoms with Gasteiger partial charge in [0.15, 0.2) is 0 Å². The van der Waals surface area contributed by atoms with E-state index in [-0.39, 0.29) is 5.69 Å². The molecule has 20 heavy (non-hydrogen) atoms. The monoisotopic (exact) mass is 262 g/mol. The molecule has 3 rings (SSSR count). The molecule has 0 saturated carbocycles. The molecule has 0 fully saturated rings. The van der Waals surface area contributed by atoms with E-state index in [1.54, 1.807) is 10.8 Å². The average molecular weight is 262 g/mol. The molecule has 1 aromatic heterocycles. The molecule has 3 nitrogen and oxygen atoms in total. The van der Waals surface area contributed by atoms with Crippen LogP contribution in [0.5, 0.6) is 0 Å². The first-order valence-electron chi connectivity index (χ1n) is 6.49. The maximum absolute atomic E-state index is 11.9. The summed E-state index contributed by atoms with van der Waals surface area (Å²) in [7, 11) is 0. The van der Waals surface area contributed by atoms with E-state index >= 15 is 0 Å². The summed E-state index contributed by atoms with van der Waals surface area (Å²) in [5.41, 5.74) is 2.86. The Bertz CT molecular complexity index is 749. The van der Waals surface area contributed by atoms with Gasteiger partial charge in [-0.25, -0.2) is 9.78 Å². The Hall–Kier alpha value is -2.68. The Morgan fingerprint density at radius 1 is 0.850 bits per heavy atom. The van der Waals surface area contributed by atoms with Gasteiger partial charge in [-0.2, -0.15) is 0 Å². The Balaban J connectivity index is 1.98. The molecule has 0 N–H and O–H groups in total. The van der Waals surface area contributed by atoms with E-state index in [0.717, 1.165) is 16.7 Å². The van der Waals surface area contributed by atoms with Crippen molar-refractivity contribution < 1.29 is 0 Å². The molecule has 0 amide bonds. The van der Waals surface area contributed by atoms with E-state index in [1.165, 1.54) is 0 Å². The maximum Gasteiger partial charge on any atom is 0.347 e. The molecule has 0 bridgehead atoms. The topological polar surface area (TPSA) is 34.9 Å². The van der Waals surface area contributed by atoms with Crippen molar-refractivity contribution in [3.63, 3.8) is 0 Å². The summed E-state index contributed by atoms with van der Waals surface area (Å²) in [6.07, 6.45) is 3.48. The third-order valence-corrected chi connectivity index (χ3v) is 3.16. The molecule has 0 atom stereocenters. The molecule has 0 aliphatic heterocycles. The zero-order chi connectivity index (χ0) is 13.8. The number of hydrogen-bond donors (Lipinski definition) is 0. The Morgan fingerprint density at radius 3 is 2.20 bits per heavy atom. The molecule has 1 heterocycles. The highest BCUT2D eigenvalue weighted by Crippen LogP contribution is 2.16. The highest BCUT2D eigenvalue weighted by molar-refractivity contribution is 5.60. The van der Waals surface area contributed by atoms with Crippen LogP contribution < -0.4 is 5.69 Å². The SMILES string of the molecule is O=c1ncc(-c2ccccc2)cn1Cc1ccccc1. The molecule has 0 aliphatic rings. The van der Waals surface area contributed by atoms with E-state index in [0.29, 0.717) is 6.54 Å². The van der Waals surface area contributed by atoms with Gasteiger partial charge in [-0.15, -0.1) is 0 Å². The molecule has 0 aliphatic carbocycles. The summed E-state index contributed by atoms with van der Waals surface area (Å²) in [5, 5.41) is 0. The minimum atomic E-state index is -0.228. The molecule has 0 unspecified atom stereocenters. The zero-order valence-corrected chi connectivity index (χ0v) is 10.9. The number of rotatable bonds is 3. The predicted octanol–water partition coefficient (Wildman–Crippen LogP) is 2.96. The highest BCUT2D eigenvalue weighted by atomic mass is 16.1. The molecule has 3 heteroatoms. The second-order valence-electron chi connectivity index (χ2n) is 4.60. The lowest BCUT2D eigenvalue weighted by molar-refractivity contribution is 0.729. The molecule has 0 spiro atoms. The van der Waals surface area contributed by atoms with E-state index in [9.17, 15) is 4.79 Å². The third kappa shape index (κ3) is 2.67. The normalized spacial score (nSPS) is 10.4. The number of aromatic nitrogens is 2. The van der Waals surface area contributed by atoms with Crippen LogP contribution in [0.4, 0.5) is 0 Å². The van der Waals surface area contributed by atoms with Crippen LogP contribution in [0.25, 0.3) is 11.1 Å². The van der Waals surface area contributed by atoms with Crippen LogP contribution in [0.15, 0.2) is 77.9 Å². The van der Waals surface area contributed by atoms with Gasteiger partial charge < -0.3 is 0 Å². The fourth-order valence-electron chi connectivity index (χ4n) is 2.13. The van der Waals surface area contributed by atoms with Crippen LogP contribution in [0, 0.1) is 0 Å². The van der Waals surface area contributed by atoms with Crippen LogP contribution in [0.3, 0.4) is 0 Å². The molecule has 2 aromatic carbocycles. The lowest BCUT2D eigenvalue weighted by Gasteiger charge is -2.07. The second-order valence-corrected chi connectivity index (χ2v) is 4.60. The fourth-order valence-corrected chi connectivity index (χ4v) is 2.13. The average Bonchev–Trinajstić information content (AvgIpc) is 2.51. The minimum absolute atomic E-state index is 0.228. The van der Waals surface area contributed by atoms with Gasteiger partial charge >= 0.3 is 5.69 Å². The zero-order valence-electron chi connectivity index (χ0n) is 10.9. The van der Waals surface area contributed by atoms with Crippen molar-refractivity contribution in [2.24, 2.45) is 0 Å². The van der Waals surface area contributed by atoms with Crippen molar-refractivity contribution in [1.82, 2.24) is 9.55 Å². The molecule has 98 valence electrons. The standard InChI is InChI=1S/C17H14N2O/c20-17-18-11-16(15-9-5-2-6-10-15)13-19(17)12-14-7-3-1-4-8-14/h1-11,13H,12H2. The van der Waals surface area contributed by atoms with Gasteiger partial charge in [0.05, 0.1) is 6.54 Å². The molecule has 0 radical (unpaired) electrons. The maximum atomic E-state index is 11.9. The van der Waals surface area contributed by atoms with Crippen LogP contribution in [-0.2, 0) is 6.54 Å². The van der Waals surface area contributed by atoms with Crippen molar-refractivity contribution in [1.29, 1.82) is 0 Å². The number of hydrogen-bond acceptors (Lipinski definition) is 2. The van der Waals surface area contributed by atoms with Crippen LogP contribution in [0.2, 0.25) is 0 Å². The largest absolute Gasteiger partial charge is 0.347 e. The van der Waals surface area contributed by atoms with E-state index in [4.69, 9.17) is 0 Å². The summed E-state index contributed by atoms with van der Waals surface area (Å²) in [4.78, 5) is 15.8. The first-order chi connectivity index (χ1) is 9.83. The second kappa shape index (κ2) is 5.53. The van der Waals surface area contributed by atoms with Gasteiger partial charge in [0.25, 0.3) is 0 Å². The minimum Gasteiger partial charge on any atom is -0.294 e. The Morgan fingerprint density at radius 2 is 1.50 bits per heavy atom. The van der Waals surface area contributed by atoms with Gasteiger partial charge in [-0.1, -0.05) is 60.7 Å². The fraction of sp³-hybridized carbons (Fsp3) is 0.0588. The van der Waals surface area contributed by atoms with Gasteiger partial charge in [-0.3, -0.25) is 4.57 Å². The predicted molar refractivity (Wildman–Crippen MR) is 79.5 cm³/mol. The van der Waals surface area contributed by atoms with E-state index < -0.39 is 0 Å². The summed E-state index contributed by atoms with van der Waals surface area (Å²) >= 11 is 0. The van der Waals surface area contributed by atoms with Gasteiger partial charge in [0, 0.05) is 18.0 Å². The highest BCUT2D eigenvalue weighted by Gasteiger charge is 2.03.